The van der Waals surface area contributed by atoms with Crippen molar-refractivity contribution < 1.29 is 4.74 Å². The Bertz CT molecular complexity index is 2320. The predicted octanol–water partition coefficient (Wildman–Crippen LogP) is 12.1. The van der Waals surface area contributed by atoms with E-state index in [1.54, 1.807) is 0 Å². The molecule has 0 atom stereocenters. The number of benzene rings is 6. The van der Waals surface area contributed by atoms with Gasteiger partial charge in [-0.25, -0.2) is 0 Å². The molecule has 1 aliphatic carbocycles. The van der Waals surface area contributed by atoms with E-state index in [9.17, 15) is 0 Å². The van der Waals surface area contributed by atoms with Crippen LogP contribution < -0.4 is 4.74 Å². The molecule has 212 valence electrons. The molecule has 0 unspecified atom stereocenters. The van der Waals surface area contributed by atoms with Crippen LogP contribution in [-0.4, -0.2) is 0 Å². The molecule has 1 aromatic heterocycles. The van der Waals surface area contributed by atoms with E-state index >= 15 is 0 Å². The third kappa shape index (κ3) is 3.46. The normalized spacial score (nSPS) is 15.4. The molecule has 1 nitrogen and oxygen atoms in total. The highest BCUT2D eigenvalue weighted by Gasteiger charge is 2.42. The summed E-state index contributed by atoms with van der Waals surface area (Å²) in [5.41, 5.74) is 12.5. The Morgan fingerprint density at radius 2 is 1.18 bits per heavy atom. The van der Waals surface area contributed by atoms with E-state index in [4.69, 9.17) is 4.74 Å². The molecule has 0 saturated heterocycles. The molecule has 0 radical (unpaired) electrons. The van der Waals surface area contributed by atoms with Crippen molar-refractivity contribution in [2.75, 3.05) is 0 Å². The van der Waals surface area contributed by atoms with Crippen LogP contribution in [0, 0.1) is 0 Å². The van der Waals surface area contributed by atoms with Gasteiger partial charge < -0.3 is 4.74 Å². The molecule has 0 N–H and O–H groups in total. The Morgan fingerprint density at radius 3 is 2.09 bits per heavy atom. The topological polar surface area (TPSA) is 9.23 Å². The highest BCUT2D eigenvalue weighted by Crippen LogP contribution is 2.59. The quantitative estimate of drug-likeness (QED) is 0.196. The van der Waals surface area contributed by atoms with Crippen molar-refractivity contribution in [3.8, 4) is 44.9 Å². The fraction of sp³-hybridized carbons (Fsp3) is 0.143. The molecule has 0 fully saturated rings. The first-order valence-corrected chi connectivity index (χ1v) is 16.3. The van der Waals surface area contributed by atoms with Gasteiger partial charge in [0.25, 0.3) is 0 Å². The molecule has 9 rings (SSSR count). The van der Waals surface area contributed by atoms with Crippen LogP contribution in [-0.2, 0) is 10.8 Å². The van der Waals surface area contributed by atoms with Crippen molar-refractivity contribution >= 4 is 31.5 Å². The van der Waals surface area contributed by atoms with E-state index < -0.39 is 0 Å². The van der Waals surface area contributed by atoms with Crippen molar-refractivity contribution in [2.45, 2.75) is 38.5 Å². The maximum atomic E-state index is 6.80. The second kappa shape index (κ2) is 8.94. The van der Waals surface area contributed by atoms with Crippen molar-refractivity contribution in [3.63, 3.8) is 0 Å². The van der Waals surface area contributed by atoms with Crippen molar-refractivity contribution in [2.24, 2.45) is 0 Å². The zero-order valence-corrected chi connectivity index (χ0v) is 26.2. The first-order valence-electron chi connectivity index (χ1n) is 15.4. The fourth-order valence-electron chi connectivity index (χ4n) is 7.76. The zero-order valence-electron chi connectivity index (χ0n) is 25.4. The van der Waals surface area contributed by atoms with Crippen LogP contribution in [0.25, 0.3) is 53.6 Å². The van der Waals surface area contributed by atoms with Crippen LogP contribution in [0.2, 0.25) is 0 Å². The van der Waals surface area contributed by atoms with Gasteiger partial charge >= 0.3 is 0 Å². The molecule has 6 aromatic carbocycles. The smallest absolute Gasteiger partial charge is 0.139 e. The first-order chi connectivity index (χ1) is 21.3. The molecule has 0 amide bonds. The number of hydrogen-bond donors (Lipinski definition) is 0. The van der Waals surface area contributed by atoms with Gasteiger partial charge in [-0.3, -0.25) is 0 Å². The molecule has 2 aliphatic rings. The highest BCUT2D eigenvalue weighted by molar-refractivity contribution is 7.26. The SMILES string of the molecule is CC1(C)c2ccccc2Oc2c1ccc1c2-c2cc(-c3cccc(-c4cccc5c4sc4ccccc45)c3)ccc2C1(C)C. The number of rotatable bonds is 2. The minimum Gasteiger partial charge on any atom is -0.456 e. The Kier molecular flexibility index (Phi) is 5.24. The van der Waals surface area contributed by atoms with Crippen molar-refractivity contribution in [3.05, 3.63) is 144 Å². The van der Waals surface area contributed by atoms with Gasteiger partial charge in [0.2, 0.25) is 0 Å². The Labute approximate surface area is 262 Å². The standard InChI is InChI=1S/C42H32OS/c1-41(2)32-20-19-26(24-31(32)38-34(41)21-22-35-39(38)43-36-17-7-6-16-33(36)42(35,3)4)25-11-9-12-27(23-25)28-14-10-15-30-29-13-5-8-18-37(29)44-40(28)30/h5-24H,1-4H3. The summed E-state index contributed by atoms with van der Waals surface area (Å²) in [7, 11) is 0. The average Bonchev–Trinajstić information content (AvgIpc) is 3.53. The summed E-state index contributed by atoms with van der Waals surface area (Å²) in [4.78, 5) is 0. The van der Waals surface area contributed by atoms with Crippen molar-refractivity contribution in [1.29, 1.82) is 0 Å². The van der Waals surface area contributed by atoms with Crippen molar-refractivity contribution in [1.82, 2.24) is 0 Å². The van der Waals surface area contributed by atoms with Gasteiger partial charge in [0.1, 0.15) is 11.5 Å². The van der Waals surface area contributed by atoms with Gasteiger partial charge in [-0.15, -0.1) is 11.3 Å². The lowest BCUT2D eigenvalue weighted by molar-refractivity contribution is 0.419. The van der Waals surface area contributed by atoms with Gasteiger partial charge in [0.15, 0.2) is 0 Å². The van der Waals surface area contributed by atoms with Gasteiger partial charge in [0, 0.05) is 47.7 Å². The molecule has 0 spiro atoms. The average molecular weight is 585 g/mol. The molecule has 1 aliphatic heterocycles. The summed E-state index contributed by atoms with van der Waals surface area (Å²) in [5.74, 6) is 1.98. The summed E-state index contributed by atoms with van der Waals surface area (Å²) in [5, 5.41) is 2.67. The highest BCUT2D eigenvalue weighted by atomic mass is 32.1. The van der Waals surface area contributed by atoms with Gasteiger partial charge in [-0.1, -0.05) is 125 Å². The van der Waals surface area contributed by atoms with Crippen LogP contribution in [0.5, 0.6) is 11.5 Å². The molecule has 0 saturated carbocycles. The number of fused-ring (bicyclic) bond motifs is 9. The molecule has 7 aromatic rings. The Hall–Kier alpha value is -4.66. The van der Waals surface area contributed by atoms with Gasteiger partial charge in [-0.2, -0.15) is 0 Å². The van der Waals surface area contributed by atoms with E-state index in [0.717, 1.165) is 11.5 Å². The first kappa shape index (κ1) is 25.8. The third-order valence-corrected chi connectivity index (χ3v) is 11.4. The second-order valence-corrected chi connectivity index (χ2v) is 14.4. The fourth-order valence-corrected chi connectivity index (χ4v) is 9.00. The number of thiophene rings is 1. The summed E-state index contributed by atoms with van der Waals surface area (Å²) in [6.45, 7) is 9.33. The van der Waals surface area contributed by atoms with E-state index in [1.807, 2.05) is 11.3 Å². The Morgan fingerprint density at radius 1 is 0.500 bits per heavy atom. The largest absolute Gasteiger partial charge is 0.456 e. The van der Waals surface area contributed by atoms with Gasteiger partial charge in [-0.05, 0) is 63.2 Å². The van der Waals surface area contributed by atoms with E-state index in [0.29, 0.717) is 0 Å². The summed E-state index contributed by atoms with van der Waals surface area (Å²) in [6.07, 6.45) is 0. The molecule has 44 heavy (non-hydrogen) atoms. The molecule has 2 heteroatoms. The number of hydrogen-bond acceptors (Lipinski definition) is 2. The minimum atomic E-state index is -0.147. The molecule has 0 bridgehead atoms. The lowest BCUT2D eigenvalue weighted by Gasteiger charge is -2.36. The van der Waals surface area contributed by atoms with E-state index in [2.05, 4.69) is 149 Å². The van der Waals surface area contributed by atoms with Gasteiger partial charge in [0.05, 0.1) is 0 Å². The van der Waals surface area contributed by atoms with E-state index in [-0.39, 0.29) is 10.8 Å². The molecular weight excluding hydrogens is 553 g/mol. The summed E-state index contributed by atoms with van der Waals surface area (Å²) >= 11 is 1.89. The van der Waals surface area contributed by atoms with Crippen LogP contribution in [0.4, 0.5) is 0 Å². The summed E-state index contributed by atoms with van der Waals surface area (Å²) < 4.78 is 9.48. The van der Waals surface area contributed by atoms with Crippen LogP contribution >= 0.6 is 11.3 Å². The van der Waals surface area contributed by atoms with Crippen LogP contribution in [0.1, 0.15) is 49.9 Å². The lowest BCUT2D eigenvalue weighted by atomic mass is 9.74. The zero-order chi connectivity index (χ0) is 29.8. The molecular formula is C42H32OS. The lowest BCUT2D eigenvalue weighted by Crippen LogP contribution is -2.25. The molecule has 2 heterocycles. The van der Waals surface area contributed by atoms with E-state index in [1.165, 1.54) is 75.8 Å². The number of para-hydroxylation sites is 1. The van der Waals surface area contributed by atoms with Crippen LogP contribution in [0.3, 0.4) is 0 Å². The minimum absolute atomic E-state index is 0.110. The predicted molar refractivity (Wildman–Crippen MR) is 186 cm³/mol. The van der Waals surface area contributed by atoms with Crippen LogP contribution in [0.15, 0.2) is 121 Å². The monoisotopic (exact) mass is 584 g/mol. The maximum absolute atomic E-state index is 6.80. The summed E-state index contributed by atoms with van der Waals surface area (Å²) in [6, 6.07) is 44.7. The third-order valence-electron chi connectivity index (χ3n) is 10.2. The Balaban J connectivity index is 1.21. The number of ether oxygens (including phenoxy) is 1. The maximum Gasteiger partial charge on any atom is 0.139 e. The second-order valence-electron chi connectivity index (χ2n) is 13.3.